The Labute approximate surface area is 99.9 Å². The summed E-state index contributed by atoms with van der Waals surface area (Å²) in [6, 6.07) is 0. The van der Waals surface area contributed by atoms with Gasteiger partial charge in [0.2, 0.25) is 0 Å². The maximum atomic E-state index is 10.2. The number of carbonyl (C=O) groups excluding carboxylic acids is 1. The van der Waals surface area contributed by atoms with Crippen molar-refractivity contribution in [2.75, 3.05) is 0 Å². The highest BCUT2D eigenvalue weighted by Crippen LogP contribution is 2.10. The predicted molar refractivity (Wildman–Crippen MR) is 71.5 cm³/mol. The van der Waals surface area contributed by atoms with Gasteiger partial charge < -0.3 is 0 Å². The lowest BCUT2D eigenvalue weighted by molar-refractivity contribution is -0.104. The molecule has 0 aromatic carbocycles. The fourth-order valence-corrected chi connectivity index (χ4v) is 1.44. The smallest absolute Gasteiger partial charge is 0.142 e. The van der Waals surface area contributed by atoms with Gasteiger partial charge in [0.05, 0.1) is 0 Å². The molecule has 16 heavy (non-hydrogen) atoms. The number of rotatable bonds is 7. The van der Waals surface area contributed by atoms with Crippen LogP contribution in [-0.4, -0.2) is 6.29 Å². The van der Waals surface area contributed by atoms with E-state index >= 15 is 0 Å². The first-order valence-corrected chi connectivity index (χ1v) is 5.96. The molecular weight excluding hydrogens is 196 g/mol. The van der Waals surface area contributed by atoms with Crippen LogP contribution in [0.4, 0.5) is 0 Å². The second-order valence-corrected chi connectivity index (χ2v) is 4.56. The average molecular weight is 220 g/mol. The minimum absolute atomic E-state index is 0.862. The van der Waals surface area contributed by atoms with E-state index in [-0.39, 0.29) is 0 Å². The Morgan fingerprint density at radius 3 is 2.00 bits per heavy atom. The molecule has 0 N–H and O–H groups in total. The van der Waals surface area contributed by atoms with Gasteiger partial charge in [0.25, 0.3) is 0 Å². The third kappa shape index (κ3) is 9.45. The highest BCUT2D eigenvalue weighted by atomic mass is 16.1. The zero-order chi connectivity index (χ0) is 12.4. The molecule has 0 amide bonds. The van der Waals surface area contributed by atoms with Crippen molar-refractivity contribution in [3.05, 3.63) is 34.9 Å². The van der Waals surface area contributed by atoms with Gasteiger partial charge in [-0.1, -0.05) is 28.9 Å². The third-order valence-corrected chi connectivity index (χ3v) is 2.48. The van der Waals surface area contributed by atoms with Gasteiger partial charge in [-0.15, -0.1) is 0 Å². The molecule has 0 bridgehead atoms. The minimum atomic E-state index is 0.862. The highest BCUT2D eigenvalue weighted by molar-refractivity contribution is 5.65. The zero-order valence-electron chi connectivity index (χ0n) is 11.0. The molecule has 0 fully saturated rings. The Kier molecular flexibility index (Phi) is 8.51. The maximum Gasteiger partial charge on any atom is 0.142 e. The van der Waals surface area contributed by atoms with Crippen LogP contribution >= 0.6 is 0 Å². The Balaban J connectivity index is 3.83. The summed E-state index contributed by atoms with van der Waals surface area (Å²) in [7, 11) is 0. The molecular formula is C15H24O. The zero-order valence-corrected chi connectivity index (χ0v) is 11.0. The molecule has 0 atom stereocenters. The van der Waals surface area contributed by atoms with Crippen molar-refractivity contribution >= 4 is 6.29 Å². The van der Waals surface area contributed by atoms with E-state index in [1.54, 1.807) is 6.08 Å². The standard InChI is InChI=1S/C15H24O/c1-13(2)7-5-8-14(3)9-6-10-15(4)11-12-16/h7,9,11-12H,5-6,8,10H2,1-4H3/b14-9+,15-11?. The summed E-state index contributed by atoms with van der Waals surface area (Å²) in [6.07, 6.45) is 11.4. The first-order valence-electron chi connectivity index (χ1n) is 5.96. The Bertz CT molecular complexity index is 289. The predicted octanol–water partition coefficient (Wildman–Crippen LogP) is 4.60. The first kappa shape index (κ1) is 14.9. The van der Waals surface area contributed by atoms with Gasteiger partial charge in [0.15, 0.2) is 0 Å². The van der Waals surface area contributed by atoms with E-state index in [1.807, 2.05) is 6.92 Å². The van der Waals surface area contributed by atoms with Crippen molar-refractivity contribution in [2.24, 2.45) is 0 Å². The van der Waals surface area contributed by atoms with Crippen LogP contribution in [0.15, 0.2) is 34.9 Å². The summed E-state index contributed by atoms with van der Waals surface area (Å²) < 4.78 is 0. The van der Waals surface area contributed by atoms with E-state index in [2.05, 4.69) is 32.9 Å². The van der Waals surface area contributed by atoms with Crippen molar-refractivity contribution in [3.8, 4) is 0 Å². The second kappa shape index (κ2) is 9.14. The fourth-order valence-electron chi connectivity index (χ4n) is 1.44. The van der Waals surface area contributed by atoms with Gasteiger partial charge in [0, 0.05) is 0 Å². The third-order valence-electron chi connectivity index (χ3n) is 2.48. The lowest BCUT2D eigenvalue weighted by Gasteiger charge is -2.00. The van der Waals surface area contributed by atoms with Gasteiger partial charge >= 0.3 is 0 Å². The van der Waals surface area contributed by atoms with Crippen molar-refractivity contribution in [1.82, 2.24) is 0 Å². The van der Waals surface area contributed by atoms with Crippen LogP contribution in [0.5, 0.6) is 0 Å². The maximum absolute atomic E-state index is 10.2. The molecule has 0 radical (unpaired) electrons. The van der Waals surface area contributed by atoms with E-state index in [0.717, 1.165) is 37.5 Å². The quantitative estimate of drug-likeness (QED) is 0.348. The van der Waals surface area contributed by atoms with Crippen molar-refractivity contribution in [3.63, 3.8) is 0 Å². The Hall–Kier alpha value is -1.11. The van der Waals surface area contributed by atoms with Crippen LogP contribution < -0.4 is 0 Å². The van der Waals surface area contributed by atoms with Crippen LogP contribution in [0, 0.1) is 0 Å². The lowest BCUT2D eigenvalue weighted by Crippen LogP contribution is -1.81. The highest BCUT2D eigenvalue weighted by Gasteiger charge is 1.91. The summed E-state index contributed by atoms with van der Waals surface area (Å²) >= 11 is 0. The number of aldehydes is 1. The molecule has 0 heterocycles. The van der Waals surface area contributed by atoms with Crippen LogP contribution in [0.3, 0.4) is 0 Å². The number of carbonyl (C=O) groups is 1. The SMILES string of the molecule is CC(C)=CCC/C(C)=C/CCC(C)=CC=O. The summed E-state index contributed by atoms with van der Waals surface area (Å²) in [5.74, 6) is 0. The topological polar surface area (TPSA) is 17.1 Å². The van der Waals surface area contributed by atoms with E-state index < -0.39 is 0 Å². The normalized spacial score (nSPS) is 12.5. The molecule has 1 nitrogen and oxygen atoms in total. The van der Waals surface area contributed by atoms with Crippen molar-refractivity contribution in [2.45, 2.75) is 53.4 Å². The van der Waals surface area contributed by atoms with Crippen LogP contribution in [0.2, 0.25) is 0 Å². The molecule has 90 valence electrons. The largest absolute Gasteiger partial charge is 0.299 e. The molecule has 0 rings (SSSR count). The average Bonchev–Trinajstić information content (AvgIpc) is 2.17. The van der Waals surface area contributed by atoms with Gasteiger partial charge in [-0.3, -0.25) is 4.79 Å². The van der Waals surface area contributed by atoms with E-state index in [9.17, 15) is 4.79 Å². The number of allylic oxidation sites excluding steroid dienone is 6. The summed E-state index contributed by atoms with van der Waals surface area (Å²) in [4.78, 5) is 10.2. The fraction of sp³-hybridized carbons (Fsp3) is 0.533. The van der Waals surface area contributed by atoms with E-state index in [0.29, 0.717) is 0 Å². The molecule has 0 spiro atoms. The molecule has 0 saturated carbocycles. The molecule has 0 aromatic heterocycles. The minimum Gasteiger partial charge on any atom is -0.299 e. The van der Waals surface area contributed by atoms with Crippen LogP contribution in [0.25, 0.3) is 0 Å². The summed E-state index contributed by atoms with van der Waals surface area (Å²) in [5, 5.41) is 0. The van der Waals surface area contributed by atoms with Gasteiger partial charge in [-0.25, -0.2) is 0 Å². The van der Waals surface area contributed by atoms with Crippen LogP contribution in [0.1, 0.15) is 53.4 Å². The monoisotopic (exact) mass is 220 g/mol. The van der Waals surface area contributed by atoms with Gasteiger partial charge in [0.1, 0.15) is 6.29 Å². The summed E-state index contributed by atoms with van der Waals surface area (Å²) in [5.41, 5.74) is 3.98. The second-order valence-electron chi connectivity index (χ2n) is 4.56. The number of hydrogen-bond acceptors (Lipinski definition) is 1. The first-order chi connectivity index (χ1) is 7.56. The van der Waals surface area contributed by atoms with Gasteiger partial charge in [-0.2, -0.15) is 0 Å². The molecule has 0 aliphatic rings. The molecule has 0 unspecified atom stereocenters. The Morgan fingerprint density at radius 2 is 1.44 bits per heavy atom. The molecule has 0 aliphatic heterocycles. The molecule has 0 aromatic rings. The van der Waals surface area contributed by atoms with Crippen LogP contribution in [-0.2, 0) is 4.79 Å². The Morgan fingerprint density at radius 1 is 0.875 bits per heavy atom. The van der Waals surface area contributed by atoms with Crippen molar-refractivity contribution < 1.29 is 4.79 Å². The number of hydrogen-bond donors (Lipinski definition) is 0. The van der Waals surface area contributed by atoms with Gasteiger partial charge in [-0.05, 0) is 59.5 Å². The molecule has 0 aliphatic carbocycles. The summed E-state index contributed by atoms with van der Waals surface area (Å²) in [6.45, 7) is 8.44. The molecule has 1 heteroatoms. The van der Waals surface area contributed by atoms with E-state index in [4.69, 9.17) is 0 Å². The van der Waals surface area contributed by atoms with E-state index in [1.165, 1.54) is 11.1 Å². The molecule has 0 saturated heterocycles. The van der Waals surface area contributed by atoms with Crippen molar-refractivity contribution in [1.29, 1.82) is 0 Å². The lowest BCUT2D eigenvalue weighted by atomic mass is 10.1.